The lowest BCUT2D eigenvalue weighted by Gasteiger charge is -2.06. The topological polar surface area (TPSA) is 70.9 Å². The molecule has 0 aromatic carbocycles. The molecule has 0 aliphatic heterocycles. The first-order valence-corrected chi connectivity index (χ1v) is 7.81. The summed E-state index contributed by atoms with van der Waals surface area (Å²) in [4.78, 5) is 14.5. The number of hydrogen-bond acceptors (Lipinski definition) is 6. The fraction of sp³-hybridized carbons (Fsp3) is 0.400. The highest BCUT2D eigenvalue weighted by Crippen LogP contribution is 2.37. The Morgan fingerprint density at radius 2 is 2.00 bits per heavy atom. The van der Waals surface area contributed by atoms with Gasteiger partial charge in [-0.2, -0.15) is 0 Å². The molecule has 0 bridgehead atoms. The molecular weight excluding hydrogens is 284 g/mol. The van der Waals surface area contributed by atoms with Crippen molar-refractivity contribution in [2.75, 3.05) is 18.5 Å². The fourth-order valence-electron chi connectivity index (χ4n) is 2.42. The van der Waals surface area contributed by atoms with E-state index in [0.29, 0.717) is 13.0 Å². The van der Waals surface area contributed by atoms with Crippen molar-refractivity contribution in [3.8, 4) is 0 Å². The van der Waals surface area contributed by atoms with Gasteiger partial charge in [0.2, 0.25) is 0 Å². The van der Waals surface area contributed by atoms with Gasteiger partial charge in [-0.15, -0.1) is 11.3 Å². The van der Waals surface area contributed by atoms with Gasteiger partial charge >= 0.3 is 0 Å². The van der Waals surface area contributed by atoms with Crippen molar-refractivity contribution in [1.29, 1.82) is 0 Å². The lowest BCUT2D eigenvalue weighted by atomic mass is 10.1. The van der Waals surface area contributed by atoms with Crippen molar-refractivity contribution in [3.05, 3.63) is 23.1 Å². The number of thiophene rings is 1. The smallest absolute Gasteiger partial charge is 0.147 e. The van der Waals surface area contributed by atoms with Gasteiger partial charge in [-0.05, 0) is 38.3 Å². The summed E-state index contributed by atoms with van der Waals surface area (Å²) < 4.78 is 1.03. The minimum Gasteiger partial charge on any atom is -0.396 e. The minimum atomic E-state index is 0.173. The van der Waals surface area contributed by atoms with Crippen molar-refractivity contribution in [2.45, 2.75) is 27.2 Å². The first kappa shape index (κ1) is 14.2. The van der Waals surface area contributed by atoms with Gasteiger partial charge in [0.15, 0.2) is 0 Å². The van der Waals surface area contributed by atoms with Crippen LogP contribution in [0.25, 0.3) is 20.4 Å². The van der Waals surface area contributed by atoms with Crippen LogP contribution in [-0.2, 0) is 0 Å². The predicted octanol–water partition coefficient (Wildman–Crippen LogP) is 2.96. The van der Waals surface area contributed by atoms with Gasteiger partial charge in [0.25, 0.3) is 0 Å². The number of fused-ring (bicyclic) bond motifs is 3. The molecule has 110 valence electrons. The van der Waals surface area contributed by atoms with Crippen LogP contribution in [0.15, 0.2) is 6.33 Å². The number of nitrogens with one attached hydrogen (secondary N) is 1. The maximum atomic E-state index is 8.89. The molecule has 0 amide bonds. The molecule has 3 aromatic heterocycles. The zero-order valence-electron chi connectivity index (χ0n) is 12.4. The molecule has 0 unspecified atom stereocenters. The van der Waals surface area contributed by atoms with Gasteiger partial charge in [-0.25, -0.2) is 15.0 Å². The normalized spacial score (nSPS) is 11.4. The van der Waals surface area contributed by atoms with Crippen LogP contribution in [0.4, 0.5) is 5.82 Å². The molecule has 0 fully saturated rings. The second-order valence-electron chi connectivity index (χ2n) is 5.13. The Bertz CT molecular complexity index is 812. The van der Waals surface area contributed by atoms with E-state index < -0.39 is 0 Å². The molecule has 3 heterocycles. The third-order valence-corrected chi connectivity index (χ3v) is 4.91. The van der Waals surface area contributed by atoms with Crippen molar-refractivity contribution >= 4 is 37.6 Å². The highest BCUT2D eigenvalue weighted by Gasteiger charge is 2.16. The van der Waals surface area contributed by atoms with Gasteiger partial charge in [-0.3, -0.25) is 0 Å². The Morgan fingerprint density at radius 1 is 1.19 bits per heavy atom. The molecule has 0 saturated carbocycles. The van der Waals surface area contributed by atoms with Gasteiger partial charge in [-0.1, -0.05) is 0 Å². The quantitative estimate of drug-likeness (QED) is 0.725. The number of anilines is 1. The molecule has 5 nitrogen and oxygen atoms in total. The first-order chi connectivity index (χ1) is 10.1. The fourth-order valence-corrected chi connectivity index (χ4v) is 3.62. The SMILES string of the molecule is Cc1nc2sc3c(NCCCO)ncnc3c2c(C)c1C. The standard InChI is InChI=1S/C15H18N4OS/c1-8-9(2)11-12-13(21-15(11)19-10(8)3)14(18-7-17-12)16-5-4-6-20/h7,20H,4-6H2,1-3H3,(H,16,17,18). The number of hydrogen-bond donors (Lipinski definition) is 2. The van der Waals surface area contributed by atoms with Crippen molar-refractivity contribution < 1.29 is 5.11 Å². The predicted molar refractivity (Wildman–Crippen MR) is 87.1 cm³/mol. The highest BCUT2D eigenvalue weighted by atomic mass is 32.1. The molecule has 6 heteroatoms. The third kappa shape index (κ3) is 2.34. The van der Waals surface area contributed by atoms with Crippen LogP contribution < -0.4 is 5.32 Å². The van der Waals surface area contributed by atoms with E-state index in [1.54, 1.807) is 17.7 Å². The maximum absolute atomic E-state index is 8.89. The van der Waals surface area contributed by atoms with E-state index in [9.17, 15) is 0 Å². The zero-order valence-corrected chi connectivity index (χ0v) is 13.2. The molecule has 3 rings (SSSR count). The van der Waals surface area contributed by atoms with Crippen molar-refractivity contribution in [1.82, 2.24) is 15.0 Å². The van der Waals surface area contributed by atoms with Crippen molar-refractivity contribution in [3.63, 3.8) is 0 Å². The Kier molecular flexibility index (Phi) is 3.73. The van der Waals surface area contributed by atoms with E-state index in [0.717, 1.165) is 31.9 Å². The molecule has 0 atom stereocenters. The number of nitrogens with zero attached hydrogens (tertiary/aromatic N) is 3. The summed E-state index contributed by atoms with van der Waals surface area (Å²) in [5.41, 5.74) is 4.48. The summed E-state index contributed by atoms with van der Waals surface area (Å²) in [5.74, 6) is 0.825. The lowest BCUT2D eigenvalue weighted by Crippen LogP contribution is -2.05. The van der Waals surface area contributed by atoms with Crippen LogP contribution in [0.5, 0.6) is 0 Å². The molecule has 0 radical (unpaired) electrons. The minimum absolute atomic E-state index is 0.173. The first-order valence-electron chi connectivity index (χ1n) is 6.99. The second kappa shape index (κ2) is 5.54. The summed E-state index contributed by atoms with van der Waals surface area (Å²) in [6.07, 6.45) is 2.29. The van der Waals surface area contributed by atoms with Gasteiger partial charge in [0.1, 0.15) is 17.0 Å². The number of rotatable bonds is 4. The summed E-state index contributed by atoms with van der Waals surface area (Å²) in [6.45, 7) is 7.13. The number of pyridine rings is 1. The maximum Gasteiger partial charge on any atom is 0.147 e. The van der Waals surface area contributed by atoms with Gasteiger partial charge in [0.05, 0.1) is 10.2 Å². The summed E-state index contributed by atoms with van der Waals surface area (Å²) in [5, 5.41) is 13.3. The van der Waals surface area contributed by atoms with Crippen LogP contribution in [0.2, 0.25) is 0 Å². The molecule has 3 aromatic rings. The summed E-state index contributed by atoms with van der Waals surface area (Å²) >= 11 is 1.62. The lowest BCUT2D eigenvalue weighted by molar-refractivity contribution is 0.292. The molecule has 21 heavy (non-hydrogen) atoms. The van der Waals surface area contributed by atoms with Gasteiger partial charge in [0, 0.05) is 24.2 Å². The highest BCUT2D eigenvalue weighted by molar-refractivity contribution is 7.26. The van der Waals surface area contributed by atoms with Crippen molar-refractivity contribution in [2.24, 2.45) is 0 Å². The van der Waals surface area contributed by atoms with E-state index in [1.807, 2.05) is 6.92 Å². The number of aliphatic hydroxyl groups excluding tert-OH is 1. The molecule has 0 spiro atoms. The Morgan fingerprint density at radius 3 is 2.76 bits per heavy atom. The molecule has 0 aliphatic carbocycles. The Hall–Kier alpha value is -1.79. The van der Waals surface area contributed by atoms with E-state index in [1.165, 1.54) is 11.1 Å². The van der Waals surface area contributed by atoms with Crippen LogP contribution in [0.3, 0.4) is 0 Å². The van der Waals surface area contributed by atoms with E-state index in [-0.39, 0.29) is 6.61 Å². The summed E-state index contributed by atoms with van der Waals surface area (Å²) in [6, 6.07) is 0. The molecular formula is C15H18N4OS. The Labute approximate surface area is 127 Å². The van der Waals surface area contributed by atoms with E-state index >= 15 is 0 Å². The number of aromatic nitrogens is 3. The average Bonchev–Trinajstić information content (AvgIpc) is 2.84. The average molecular weight is 302 g/mol. The molecule has 0 aliphatic rings. The van der Waals surface area contributed by atoms with Crippen LogP contribution in [0.1, 0.15) is 23.2 Å². The largest absolute Gasteiger partial charge is 0.396 e. The second-order valence-corrected chi connectivity index (χ2v) is 6.13. The monoisotopic (exact) mass is 302 g/mol. The van der Waals surface area contributed by atoms with Crippen LogP contribution in [-0.4, -0.2) is 33.2 Å². The summed E-state index contributed by atoms with van der Waals surface area (Å²) in [7, 11) is 0. The third-order valence-electron chi connectivity index (χ3n) is 3.83. The number of aryl methyl sites for hydroxylation is 2. The molecule has 2 N–H and O–H groups in total. The Balaban J connectivity index is 2.21. The van der Waals surface area contributed by atoms with E-state index in [2.05, 4.69) is 29.1 Å². The number of aliphatic hydroxyl groups is 1. The van der Waals surface area contributed by atoms with Crippen LogP contribution in [0, 0.1) is 20.8 Å². The zero-order chi connectivity index (χ0) is 15.0. The molecule has 0 saturated heterocycles. The van der Waals surface area contributed by atoms with Crippen LogP contribution >= 0.6 is 11.3 Å². The van der Waals surface area contributed by atoms with Gasteiger partial charge < -0.3 is 10.4 Å². The van der Waals surface area contributed by atoms with E-state index in [4.69, 9.17) is 10.1 Å².